The molecular weight excluding hydrogens is 314 g/mol. The summed E-state index contributed by atoms with van der Waals surface area (Å²) in [5.41, 5.74) is 1.52. The summed E-state index contributed by atoms with van der Waals surface area (Å²) in [7, 11) is 0. The number of hydrogen-bond acceptors (Lipinski definition) is 4. The quantitative estimate of drug-likeness (QED) is 0.799. The molecule has 4 rings (SSSR count). The second-order valence-electron chi connectivity index (χ2n) is 6.17. The molecule has 6 heteroatoms. The van der Waals surface area contributed by atoms with Gasteiger partial charge in [-0.05, 0) is 25.0 Å². The molecule has 0 bridgehead atoms. The largest absolute Gasteiger partial charge is 0.348 e. The van der Waals surface area contributed by atoms with E-state index in [-0.39, 0.29) is 11.9 Å². The predicted octanol–water partition coefficient (Wildman–Crippen LogP) is 2.48. The molecule has 0 radical (unpaired) electrons. The van der Waals surface area contributed by atoms with E-state index in [0.717, 1.165) is 43.0 Å². The van der Waals surface area contributed by atoms with Gasteiger partial charge in [0, 0.05) is 30.8 Å². The zero-order valence-corrected chi connectivity index (χ0v) is 13.8. The van der Waals surface area contributed by atoms with Crippen molar-refractivity contribution in [3.8, 4) is 11.4 Å². The minimum atomic E-state index is -0.119. The van der Waals surface area contributed by atoms with E-state index >= 15 is 0 Å². The van der Waals surface area contributed by atoms with E-state index in [1.54, 1.807) is 18.3 Å². The summed E-state index contributed by atoms with van der Waals surface area (Å²) in [6.07, 6.45) is 4.14. The number of hydrogen-bond donors (Lipinski definition) is 1. The van der Waals surface area contributed by atoms with Crippen molar-refractivity contribution >= 4 is 5.91 Å². The number of amides is 1. The normalized spacial score (nSPS) is 16.7. The summed E-state index contributed by atoms with van der Waals surface area (Å²) < 4.78 is 2.17. The molecule has 0 aliphatic carbocycles. The first-order chi connectivity index (χ1) is 12.3. The molecule has 0 saturated carbocycles. The summed E-state index contributed by atoms with van der Waals surface area (Å²) in [5, 5.41) is 11.8. The van der Waals surface area contributed by atoms with E-state index in [9.17, 15) is 4.79 Å². The van der Waals surface area contributed by atoms with Crippen LogP contribution in [-0.4, -0.2) is 31.7 Å². The van der Waals surface area contributed by atoms with Gasteiger partial charge in [0.2, 0.25) is 0 Å². The number of aromatic nitrogens is 4. The fraction of sp³-hybridized carbons (Fsp3) is 0.263. The van der Waals surface area contributed by atoms with Crippen molar-refractivity contribution in [2.45, 2.75) is 31.8 Å². The molecule has 1 atom stereocenters. The topological polar surface area (TPSA) is 72.7 Å². The molecule has 3 heterocycles. The second-order valence-corrected chi connectivity index (χ2v) is 6.17. The van der Waals surface area contributed by atoms with Gasteiger partial charge in [0.1, 0.15) is 11.5 Å². The first kappa shape index (κ1) is 15.5. The van der Waals surface area contributed by atoms with Gasteiger partial charge in [0.05, 0.1) is 0 Å². The van der Waals surface area contributed by atoms with E-state index in [2.05, 4.69) is 25.1 Å². The molecule has 1 aromatic carbocycles. The van der Waals surface area contributed by atoms with Crippen molar-refractivity contribution < 1.29 is 4.79 Å². The third-order valence-electron chi connectivity index (χ3n) is 4.51. The minimum Gasteiger partial charge on any atom is -0.348 e. The number of nitrogens with one attached hydrogen (secondary N) is 1. The standard InChI is InChI=1S/C19H19N5O/c25-19(16-8-4-5-12-20-16)21-15-9-10-17-22-23-18(24(17)13-11-15)14-6-2-1-3-7-14/h1-8,12,15H,9-11,13H2,(H,21,25). The van der Waals surface area contributed by atoms with E-state index in [4.69, 9.17) is 0 Å². The summed E-state index contributed by atoms with van der Waals surface area (Å²) >= 11 is 0. The average molecular weight is 333 g/mol. The van der Waals surface area contributed by atoms with Gasteiger partial charge in [-0.1, -0.05) is 36.4 Å². The molecule has 1 amide bonds. The molecule has 1 unspecified atom stereocenters. The third-order valence-corrected chi connectivity index (χ3v) is 4.51. The molecule has 1 aliphatic rings. The zero-order chi connectivity index (χ0) is 17.1. The number of carbonyl (C=O) groups is 1. The maximum atomic E-state index is 12.3. The molecular formula is C19H19N5O. The lowest BCUT2D eigenvalue weighted by atomic mass is 10.1. The van der Waals surface area contributed by atoms with Crippen LogP contribution in [0, 0.1) is 0 Å². The Morgan fingerprint density at radius 2 is 1.88 bits per heavy atom. The van der Waals surface area contributed by atoms with Crippen molar-refractivity contribution in [3.05, 3.63) is 66.2 Å². The Hall–Kier alpha value is -3.02. The van der Waals surface area contributed by atoms with Crippen LogP contribution in [0.5, 0.6) is 0 Å². The maximum Gasteiger partial charge on any atom is 0.270 e. The van der Waals surface area contributed by atoms with Crippen LogP contribution >= 0.6 is 0 Å². The van der Waals surface area contributed by atoms with Crippen molar-refractivity contribution in [1.82, 2.24) is 25.1 Å². The van der Waals surface area contributed by atoms with Gasteiger partial charge in [-0.25, -0.2) is 0 Å². The SMILES string of the molecule is O=C(NC1CCc2nnc(-c3ccccc3)n2CC1)c1ccccn1. The lowest BCUT2D eigenvalue weighted by molar-refractivity contribution is 0.0928. The Balaban J connectivity index is 1.48. The number of carbonyl (C=O) groups excluding carboxylic acids is 1. The van der Waals surface area contributed by atoms with Gasteiger partial charge >= 0.3 is 0 Å². The highest BCUT2D eigenvalue weighted by Gasteiger charge is 2.22. The van der Waals surface area contributed by atoms with Crippen LogP contribution in [0.15, 0.2) is 54.7 Å². The number of pyridine rings is 1. The highest BCUT2D eigenvalue weighted by atomic mass is 16.1. The van der Waals surface area contributed by atoms with Crippen LogP contribution in [0.25, 0.3) is 11.4 Å². The number of nitrogens with zero attached hydrogens (tertiary/aromatic N) is 4. The van der Waals surface area contributed by atoms with Gasteiger partial charge < -0.3 is 9.88 Å². The fourth-order valence-corrected chi connectivity index (χ4v) is 3.19. The Labute approximate surface area is 145 Å². The highest BCUT2D eigenvalue weighted by molar-refractivity contribution is 5.92. The van der Waals surface area contributed by atoms with Gasteiger partial charge in [-0.15, -0.1) is 10.2 Å². The molecule has 6 nitrogen and oxygen atoms in total. The first-order valence-electron chi connectivity index (χ1n) is 8.50. The summed E-state index contributed by atoms with van der Waals surface area (Å²) in [6.45, 7) is 0.791. The Kier molecular flexibility index (Phi) is 4.24. The Morgan fingerprint density at radius 3 is 2.68 bits per heavy atom. The van der Waals surface area contributed by atoms with Gasteiger partial charge in [0.15, 0.2) is 5.82 Å². The molecule has 25 heavy (non-hydrogen) atoms. The Morgan fingerprint density at radius 1 is 1.04 bits per heavy atom. The molecule has 2 aromatic heterocycles. The summed E-state index contributed by atoms with van der Waals surface area (Å²) in [4.78, 5) is 16.4. The summed E-state index contributed by atoms with van der Waals surface area (Å²) in [6, 6.07) is 15.6. The molecule has 0 saturated heterocycles. The maximum absolute atomic E-state index is 12.3. The lowest BCUT2D eigenvalue weighted by Gasteiger charge is -2.15. The van der Waals surface area contributed by atoms with E-state index in [1.165, 1.54) is 0 Å². The van der Waals surface area contributed by atoms with Crippen molar-refractivity contribution in [1.29, 1.82) is 0 Å². The minimum absolute atomic E-state index is 0.111. The van der Waals surface area contributed by atoms with Crippen molar-refractivity contribution in [3.63, 3.8) is 0 Å². The molecule has 0 spiro atoms. The van der Waals surface area contributed by atoms with Crippen LogP contribution in [0.2, 0.25) is 0 Å². The molecule has 1 aliphatic heterocycles. The van der Waals surface area contributed by atoms with Crippen LogP contribution in [0.3, 0.4) is 0 Å². The second kappa shape index (κ2) is 6.84. The predicted molar refractivity (Wildman–Crippen MR) is 93.9 cm³/mol. The number of benzene rings is 1. The Bertz CT molecular complexity index is 860. The molecule has 1 N–H and O–H groups in total. The smallest absolute Gasteiger partial charge is 0.270 e. The monoisotopic (exact) mass is 333 g/mol. The summed E-state index contributed by atoms with van der Waals surface area (Å²) in [5.74, 6) is 1.76. The van der Waals surface area contributed by atoms with Crippen molar-refractivity contribution in [2.24, 2.45) is 0 Å². The van der Waals surface area contributed by atoms with Crippen LogP contribution in [0.1, 0.15) is 29.2 Å². The average Bonchev–Trinajstić information content (AvgIpc) is 2.98. The molecule has 126 valence electrons. The lowest BCUT2D eigenvalue weighted by Crippen LogP contribution is -2.35. The number of aryl methyl sites for hydroxylation is 1. The number of rotatable bonds is 3. The van der Waals surface area contributed by atoms with Crippen LogP contribution in [-0.2, 0) is 13.0 Å². The zero-order valence-electron chi connectivity index (χ0n) is 13.8. The van der Waals surface area contributed by atoms with Gasteiger partial charge in [0.25, 0.3) is 5.91 Å². The fourth-order valence-electron chi connectivity index (χ4n) is 3.19. The van der Waals surface area contributed by atoms with Crippen LogP contribution in [0.4, 0.5) is 0 Å². The number of fused-ring (bicyclic) bond motifs is 1. The van der Waals surface area contributed by atoms with Gasteiger partial charge in [-0.3, -0.25) is 9.78 Å². The molecule has 0 fully saturated rings. The van der Waals surface area contributed by atoms with E-state index < -0.39 is 0 Å². The van der Waals surface area contributed by atoms with Gasteiger partial charge in [-0.2, -0.15) is 0 Å². The van der Waals surface area contributed by atoms with E-state index in [1.807, 2.05) is 36.4 Å². The molecule has 3 aromatic rings. The van der Waals surface area contributed by atoms with Crippen molar-refractivity contribution in [2.75, 3.05) is 0 Å². The van der Waals surface area contributed by atoms with E-state index in [0.29, 0.717) is 5.69 Å². The highest BCUT2D eigenvalue weighted by Crippen LogP contribution is 2.22. The van der Waals surface area contributed by atoms with Crippen LogP contribution < -0.4 is 5.32 Å². The first-order valence-corrected chi connectivity index (χ1v) is 8.50. The third kappa shape index (κ3) is 3.28.